The number of esters is 2. The summed E-state index contributed by atoms with van der Waals surface area (Å²) >= 11 is 0. The highest BCUT2D eigenvalue weighted by molar-refractivity contribution is 7.47. The molecule has 3 atom stereocenters. The summed E-state index contributed by atoms with van der Waals surface area (Å²) < 4.78 is 32.7. The topological polar surface area (TPSA) is 149 Å². The van der Waals surface area contributed by atoms with Gasteiger partial charge in [0.1, 0.15) is 12.7 Å². The van der Waals surface area contributed by atoms with E-state index >= 15 is 0 Å². The third kappa shape index (κ3) is 38.7. The first-order chi connectivity index (χ1) is 26.2. The lowest BCUT2D eigenvalue weighted by molar-refractivity contribution is -0.161. The van der Waals surface area contributed by atoms with E-state index in [1.165, 1.54) is 96.3 Å². The minimum absolute atomic E-state index is 0.175. The molecule has 0 heterocycles. The number of phosphoric acid groups is 1. The number of carbonyl (C=O) groups is 2. The summed E-state index contributed by atoms with van der Waals surface area (Å²) in [6.45, 7) is 2.36. The van der Waals surface area contributed by atoms with Crippen LogP contribution in [0.3, 0.4) is 0 Å². The fourth-order valence-corrected chi connectivity index (χ4v) is 6.71. The molecule has 0 amide bonds. The van der Waals surface area contributed by atoms with Crippen LogP contribution in [0.15, 0.2) is 24.3 Å². The Morgan fingerprint density at radius 1 is 0.537 bits per heavy atom. The molecule has 1 unspecified atom stereocenters. The number of hydrogen-bond acceptors (Lipinski definition) is 9. The van der Waals surface area contributed by atoms with E-state index in [0.29, 0.717) is 12.8 Å². The first-order valence-corrected chi connectivity index (χ1v) is 23.3. The molecular weight excluding hydrogens is 707 g/mol. The Hall–Kier alpha value is -1.55. The number of carbonyl (C=O) groups excluding carboxylic acids is 2. The van der Waals surface area contributed by atoms with Gasteiger partial charge in [-0.05, 0) is 64.2 Å². The van der Waals surface area contributed by atoms with E-state index in [2.05, 4.69) is 42.7 Å². The molecule has 11 heteroatoms. The highest BCUT2D eigenvalue weighted by atomic mass is 31.2. The van der Waals surface area contributed by atoms with Crippen molar-refractivity contribution in [1.29, 1.82) is 0 Å². The molecule has 0 aliphatic carbocycles. The molecule has 0 aliphatic heterocycles. The molecule has 0 spiro atoms. The highest BCUT2D eigenvalue weighted by Gasteiger charge is 2.27. The normalized spacial score (nSPS) is 14.1. The highest BCUT2D eigenvalue weighted by Crippen LogP contribution is 2.43. The Bertz CT molecular complexity index is 957. The fourth-order valence-electron chi connectivity index (χ4n) is 5.92. The van der Waals surface area contributed by atoms with Gasteiger partial charge in [0.2, 0.25) is 0 Å². The third-order valence-corrected chi connectivity index (χ3v) is 10.3. The van der Waals surface area contributed by atoms with Crippen molar-refractivity contribution in [3.8, 4) is 0 Å². The van der Waals surface area contributed by atoms with Crippen molar-refractivity contribution in [1.82, 2.24) is 0 Å². The van der Waals surface area contributed by atoms with E-state index in [0.717, 1.165) is 64.2 Å². The van der Waals surface area contributed by atoms with Gasteiger partial charge in [-0.1, -0.05) is 147 Å². The Morgan fingerprint density at radius 2 is 0.907 bits per heavy atom. The van der Waals surface area contributed by atoms with Gasteiger partial charge in [0.25, 0.3) is 0 Å². The smallest absolute Gasteiger partial charge is 0.462 e. The monoisotopic (exact) mass is 789 g/mol. The zero-order chi connectivity index (χ0) is 39.8. The number of rotatable bonds is 41. The van der Waals surface area contributed by atoms with Crippen LogP contribution in [0.5, 0.6) is 0 Å². The molecule has 0 bridgehead atoms. The van der Waals surface area contributed by atoms with Crippen molar-refractivity contribution < 1.29 is 47.8 Å². The van der Waals surface area contributed by atoms with Crippen LogP contribution in [0, 0.1) is 0 Å². The van der Waals surface area contributed by atoms with Crippen LogP contribution < -0.4 is 0 Å². The van der Waals surface area contributed by atoms with E-state index in [1.54, 1.807) is 0 Å². The van der Waals surface area contributed by atoms with Crippen LogP contribution in [-0.2, 0) is 32.7 Å². The summed E-state index contributed by atoms with van der Waals surface area (Å²) in [5, 5.41) is 18.3. The van der Waals surface area contributed by atoms with Gasteiger partial charge in [0.05, 0.1) is 19.8 Å². The fraction of sp³-hybridized carbons (Fsp3) is 0.860. The lowest BCUT2D eigenvalue weighted by Gasteiger charge is -2.20. The molecular formula is C43H81O10P. The molecule has 54 heavy (non-hydrogen) atoms. The molecule has 0 aromatic carbocycles. The number of ether oxygens (including phenoxy) is 2. The predicted octanol–water partition coefficient (Wildman–Crippen LogP) is 11.4. The average molecular weight is 789 g/mol. The minimum atomic E-state index is -4.62. The average Bonchev–Trinajstić information content (AvgIpc) is 3.16. The molecule has 3 N–H and O–H groups in total. The van der Waals surface area contributed by atoms with Crippen molar-refractivity contribution in [2.24, 2.45) is 0 Å². The van der Waals surface area contributed by atoms with E-state index in [4.69, 9.17) is 19.1 Å². The van der Waals surface area contributed by atoms with Crippen LogP contribution in [0.4, 0.5) is 0 Å². The Morgan fingerprint density at radius 3 is 1.33 bits per heavy atom. The summed E-state index contributed by atoms with van der Waals surface area (Å²) in [5.41, 5.74) is 0. The van der Waals surface area contributed by atoms with Crippen molar-refractivity contribution in [3.63, 3.8) is 0 Å². The molecule has 10 nitrogen and oxygen atoms in total. The SMILES string of the molecule is CCCCCCC/C=C/CCCCCCCC(=O)O[C@H](COC(=O)CCCCCCCCC/C=C/CCCCCCCC)COP(=O)(O)OC[C@@H](O)CO. The molecule has 0 rings (SSSR count). The summed E-state index contributed by atoms with van der Waals surface area (Å²) in [6, 6.07) is 0. The molecule has 0 fully saturated rings. The zero-order valence-electron chi connectivity index (χ0n) is 34.4. The first kappa shape index (κ1) is 52.5. The summed E-state index contributed by atoms with van der Waals surface area (Å²) in [7, 11) is -4.62. The zero-order valence-corrected chi connectivity index (χ0v) is 35.3. The van der Waals surface area contributed by atoms with Crippen LogP contribution in [-0.4, -0.2) is 65.7 Å². The number of aliphatic hydroxyl groups is 2. The number of allylic oxidation sites excluding steroid dienone is 4. The van der Waals surface area contributed by atoms with Crippen LogP contribution >= 0.6 is 7.82 Å². The quantitative estimate of drug-likeness (QED) is 0.0236. The van der Waals surface area contributed by atoms with Crippen molar-refractivity contribution >= 4 is 19.8 Å². The van der Waals surface area contributed by atoms with Crippen molar-refractivity contribution in [2.75, 3.05) is 26.4 Å². The van der Waals surface area contributed by atoms with Crippen molar-refractivity contribution in [3.05, 3.63) is 24.3 Å². The van der Waals surface area contributed by atoms with Gasteiger partial charge in [0.15, 0.2) is 6.10 Å². The van der Waals surface area contributed by atoms with Gasteiger partial charge in [-0.15, -0.1) is 0 Å². The second-order valence-corrected chi connectivity index (χ2v) is 16.2. The van der Waals surface area contributed by atoms with E-state index in [9.17, 15) is 24.2 Å². The van der Waals surface area contributed by atoms with E-state index < -0.39 is 51.8 Å². The maximum atomic E-state index is 12.6. The molecule has 0 aromatic heterocycles. The van der Waals surface area contributed by atoms with Gasteiger partial charge in [-0.25, -0.2) is 4.57 Å². The number of hydrogen-bond donors (Lipinski definition) is 3. The van der Waals surface area contributed by atoms with Gasteiger partial charge >= 0.3 is 19.8 Å². The minimum Gasteiger partial charge on any atom is -0.462 e. The van der Waals surface area contributed by atoms with Gasteiger partial charge in [-0.3, -0.25) is 18.6 Å². The summed E-state index contributed by atoms with van der Waals surface area (Å²) in [5.74, 6) is -0.935. The standard InChI is InChI=1S/C43H81O10P/c1-3-5-7-9-11-13-15-17-19-20-21-23-24-26-28-30-32-34-42(46)50-38-41(39-52-54(48,49)51-37-40(45)36-44)53-43(47)35-33-31-29-27-25-22-18-16-14-12-10-8-6-4-2/h16-19,40-41,44-45H,3-15,20-39H2,1-2H3,(H,48,49)/b18-16+,19-17+/t40-,41+/m0/s1. The maximum Gasteiger partial charge on any atom is 0.472 e. The molecule has 0 aliphatic rings. The molecule has 318 valence electrons. The lowest BCUT2D eigenvalue weighted by Crippen LogP contribution is -2.29. The summed E-state index contributed by atoms with van der Waals surface area (Å²) in [4.78, 5) is 35.0. The van der Waals surface area contributed by atoms with Crippen LogP contribution in [0.1, 0.15) is 200 Å². The number of aliphatic hydroxyl groups excluding tert-OH is 2. The van der Waals surface area contributed by atoms with E-state index in [1.807, 2.05) is 0 Å². The van der Waals surface area contributed by atoms with Gasteiger partial charge in [-0.2, -0.15) is 0 Å². The molecule has 0 aromatic rings. The second-order valence-electron chi connectivity index (χ2n) is 14.7. The number of unbranched alkanes of at least 4 members (excludes halogenated alkanes) is 23. The number of phosphoric ester groups is 1. The van der Waals surface area contributed by atoms with Crippen molar-refractivity contribution in [2.45, 2.75) is 212 Å². The van der Waals surface area contributed by atoms with E-state index in [-0.39, 0.29) is 19.4 Å². The third-order valence-electron chi connectivity index (χ3n) is 9.33. The Labute approximate surface area is 329 Å². The second kappa shape index (κ2) is 39.7. The first-order valence-electron chi connectivity index (χ1n) is 21.8. The Kier molecular flexibility index (Phi) is 38.5. The molecule has 0 saturated carbocycles. The van der Waals surface area contributed by atoms with Crippen LogP contribution in [0.2, 0.25) is 0 Å². The molecule has 0 saturated heterocycles. The summed E-state index contributed by atoms with van der Waals surface area (Å²) in [6.07, 6.45) is 38.5. The van der Waals surface area contributed by atoms with Crippen LogP contribution in [0.25, 0.3) is 0 Å². The predicted molar refractivity (Wildman–Crippen MR) is 219 cm³/mol. The lowest BCUT2D eigenvalue weighted by atomic mass is 10.1. The van der Waals surface area contributed by atoms with Gasteiger partial charge in [0, 0.05) is 12.8 Å². The Balaban J connectivity index is 4.29. The molecule has 0 radical (unpaired) electrons. The van der Waals surface area contributed by atoms with Gasteiger partial charge < -0.3 is 24.6 Å². The maximum absolute atomic E-state index is 12.6. The largest absolute Gasteiger partial charge is 0.472 e.